The molecule has 0 spiro atoms. The molecule has 9 heteroatoms. The number of thiazole rings is 1. The highest BCUT2D eigenvalue weighted by Gasteiger charge is 2.23. The summed E-state index contributed by atoms with van der Waals surface area (Å²) in [4.78, 5) is 32.4. The lowest BCUT2D eigenvalue weighted by Gasteiger charge is -2.17. The molecule has 2 N–H and O–H groups in total. The van der Waals surface area contributed by atoms with E-state index < -0.39 is 5.25 Å². The van der Waals surface area contributed by atoms with Crippen LogP contribution in [0.1, 0.15) is 10.8 Å². The molecule has 38 heavy (non-hydrogen) atoms. The number of nitrogens with one attached hydrogen (secondary N) is 2. The van der Waals surface area contributed by atoms with E-state index in [0.29, 0.717) is 16.6 Å². The molecule has 2 amide bonds. The molecular weight excluding hydrogens is 535 g/mol. The number of thiophene rings is 1. The number of carbonyl (C=O) groups excluding carboxylic acids is 2. The smallest absolute Gasteiger partial charge is 0.262 e. The Balaban J connectivity index is 1.27. The zero-order valence-electron chi connectivity index (χ0n) is 20.1. The second kappa shape index (κ2) is 12.6. The number of ether oxygens (including phenoxy) is 1. The van der Waals surface area contributed by atoms with Crippen LogP contribution in [0.2, 0.25) is 0 Å². The lowest BCUT2D eigenvalue weighted by Crippen LogP contribution is -2.20. The average Bonchev–Trinajstić information content (AvgIpc) is 3.64. The van der Waals surface area contributed by atoms with Gasteiger partial charge >= 0.3 is 0 Å². The summed E-state index contributed by atoms with van der Waals surface area (Å²) in [5.74, 6) is 0.198. The standard InChI is InChI=1S/C29H23N3O3S3/c33-26(18-35-22-12-5-2-6-13-22)30-21-11-7-14-23(17-21)38-27(20-9-3-1-4-10-20)28(34)32-29-31-24(19-37-29)25-15-8-16-36-25/h1-17,19,27H,18H2,(H,30,33)(H,31,32,34). The topological polar surface area (TPSA) is 80.3 Å². The number of amides is 2. The van der Waals surface area contributed by atoms with Crippen molar-refractivity contribution in [2.75, 3.05) is 17.2 Å². The second-order valence-corrected chi connectivity index (χ2v) is 11.1. The van der Waals surface area contributed by atoms with E-state index in [1.54, 1.807) is 23.5 Å². The first-order valence-electron chi connectivity index (χ1n) is 11.7. The highest BCUT2D eigenvalue weighted by atomic mass is 32.2. The number of benzene rings is 3. The van der Waals surface area contributed by atoms with Gasteiger partial charge in [-0.2, -0.15) is 0 Å². The van der Waals surface area contributed by atoms with Crippen molar-refractivity contribution in [1.82, 2.24) is 4.98 Å². The summed E-state index contributed by atoms with van der Waals surface area (Å²) in [6.45, 7) is -0.0995. The van der Waals surface area contributed by atoms with Crippen LogP contribution in [-0.4, -0.2) is 23.4 Å². The fourth-order valence-corrected chi connectivity index (χ4v) is 6.14. The van der Waals surface area contributed by atoms with Gasteiger partial charge in [0.25, 0.3) is 5.91 Å². The molecule has 0 saturated heterocycles. The number of carbonyl (C=O) groups is 2. The maximum atomic E-state index is 13.4. The molecule has 1 atom stereocenters. The molecule has 6 nitrogen and oxygen atoms in total. The van der Waals surface area contributed by atoms with E-state index in [4.69, 9.17) is 4.74 Å². The molecule has 0 radical (unpaired) electrons. The highest BCUT2D eigenvalue weighted by molar-refractivity contribution is 8.00. The summed E-state index contributed by atoms with van der Waals surface area (Å²) in [7, 11) is 0. The van der Waals surface area contributed by atoms with E-state index in [9.17, 15) is 9.59 Å². The van der Waals surface area contributed by atoms with Crippen LogP contribution < -0.4 is 15.4 Å². The number of aromatic nitrogens is 1. The quantitative estimate of drug-likeness (QED) is 0.175. The van der Waals surface area contributed by atoms with Crippen LogP contribution in [0.15, 0.2) is 113 Å². The van der Waals surface area contributed by atoms with Crippen molar-refractivity contribution in [3.63, 3.8) is 0 Å². The van der Waals surface area contributed by atoms with Crippen LogP contribution in [0.5, 0.6) is 5.75 Å². The van der Waals surface area contributed by atoms with Crippen LogP contribution in [-0.2, 0) is 9.59 Å². The van der Waals surface area contributed by atoms with Gasteiger partial charge in [-0.15, -0.1) is 34.4 Å². The summed E-state index contributed by atoms with van der Waals surface area (Å²) >= 11 is 4.42. The van der Waals surface area contributed by atoms with Gasteiger partial charge in [-0.1, -0.05) is 60.7 Å². The minimum absolute atomic E-state index is 0.0995. The number of anilines is 2. The van der Waals surface area contributed by atoms with Gasteiger partial charge in [-0.3, -0.25) is 9.59 Å². The summed E-state index contributed by atoms with van der Waals surface area (Å²) < 4.78 is 5.53. The van der Waals surface area contributed by atoms with Crippen molar-refractivity contribution < 1.29 is 14.3 Å². The Bertz CT molecular complexity index is 1490. The van der Waals surface area contributed by atoms with Gasteiger partial charge < -0.3 is 15.4 Å². The monoisotopic (exact) mass is 557 g/mol. The molecule has 1 unspecified atom stereocenters. The summed E-state index contributed by atoms with van der Waals surface area (Å²) in [6.07, 6.45) is 0. The van der Waals surface area contributed by atoms with Gasteiger partial charge in [0.1, 0.15) is 11.0 Å². The van der Waals surface area contributed by atoms with E-state index in [0.717, 1.165) is 21.0 Å². The Morgan fingerprint density at radius 3 is 2.42 bits per heavy atom. The van der Waals surface area contributed by atoms with Crippen molar-refractivity contribution >= 4 is 57.1 Å². The Morgan fingerprint density at radius 2 is 1.66 bits per heavy atom. The van der Waals surface area contributed by atoms with Crippen LogP contribution in [0, 0.1) is 0 Å². The zero-order chi connectivity index (χ0) is 26.2. The highest BCUT2D eigenvalue weighted by Crippen LogP contribution is 2.38. The molecule has 2 aromatic heterocycles. The molecule has 0 aliphatic carbocycles. The van der Waals surface area contributed by atoms with Gasteiger partial charge in [0.15, 0.2) is 11.7 Å². The Kier molecular flexibility index (Phi) is 8.49. The molecule has 0 bridgehead atoms. The minimum atomic E-state index is -0.516. The lowest BCUT2D eigenvalue weighted by molar-refractivity contribution is -0.118. The Morgan fingerprint density at radius 1 is 0.868 bits per heavy atom. The van der Waals surface area contributed by atoms with Crippen molar-refractivity contribution in [2.24, 2.45) is 0 Å². The molecule has 0 fully saturated rings. The fourth-order valence-electron chi connectivity index (χ4n) is 3.59. The molecule has 3 aromatic carbocycles. The van der Waals surface area contributed by atoms with Crippen molar-refractivity contribution in [2.45, 2.75) is 10.1 Å². The third kappa shape index (κ3) is 6.89. The summed E-state index contributed by atoms with van der Waals surface area (Å²) in [5, 5.41) is 9.84. The van der Waals surface area contributed by atoms with Crippen LogP contribution in [0.25, 0.3) is 10.6 Å². The number of nitrogens with zero attached hydrogens (tertiary/aromatic N) is 1. The van der Waals surface area contributed by atoms with Gasteiger partial charge in [-0.25, -0.2) is 4.98 Å². The molecule has 5 rings (SSSR count). The summed E-state index contributed by atoms with van der Waals surface area (Å²) in [6, 6.07) is 30.2. The molecule has 5 aromatic rings. The van der Waals surface area contributed by atoms with E-state index in [1.165, 1.54) is 23.1 Å². The van der Waals surface area contributed by atoms with E-state index >= 15 is 0 Å². The van der Waals surface area contributed by atoms with Crippen LogP contribution in [0.3, 0.4) is 0 Å². The first-order chi connectivity index (χ1) is 18.6. The molecule has 0 aliphatic heterocycles. The molecule has 190 valence electrons. The molecule has 0 aliphatic rings. The average molecular weight is 558 g/mol. The van der Waals surface area contributed by atoms with Gasteiger partial charge in [0.2, 0.25) is 5.91 Å². The maximum Gasteiger partial charge on any atom is 0.262 e. The van der Waals surface area contributed by atoms with Crippen molar-refractivity contribution in [3.05, 3.63) is 113 Å². The fraction of sp³-hybridized carbons (Fsp3) is 0.0690. The Labute approximate surface area is 232 Å². The first kappa shape index (κ1) is 25.7. The van der Waals surface area contributed by atoms with Crippen LogP contribution in [0.4, 0.5) is 10.8 Å². The third-order valence-corrected chi connectivity index (χ3v) is 8.23. The number of rotatable bonds is 10. The van der Waals surface area contributed by atoms with Gasteiger partial charge in [0, 0.05) is 16.0 Å². The van der Waals surface area contributed by atoms with Crippen molar-refractivity contribution in [1.29, 1.82) is 0 Å². The van der Waals surface area contributed by atoms with Gasteiger partial charge in [-0.05, 0) is 47.3 Å². The lowest BCUT2D eigenvalue weighted by atomic mass is 10.1. The summed E-state index contributed by atoms with van der Waals surface area (Å²) in [5.41, 5.74) is 2.35. The first-order valence-corrected chi connectivity index (χ1v) is 14.4. The SMILES string of the molecule is O=C(COc1ccccc1)Nc1cccc(SC(C(=O)Nc2nc(-c3cccs3)cs2)c2ccccc2)c1. The van der Waals surface area contributed by atoms with Crippen molar-refractivity contribution in [3.8, 4) is 16.3 Å². The van der Waals surface area contributed by atoms with E-state index in [1.807, 2.05) is 95.7 Å². The number of para-hydroxylation sites is 1. The largest absolute Gasteiger partial charge is 0.484 e. The number of hydrogen-bond acceptors (Lipinski definition) is 7. The molecule has 2 heterocycles. The maximum absolute atomic E-state index is 13.4. The predicted octanol–water partition coefficient (Wildman–Crippen LogP) is 7.36. The molecule has 0 saturated carbocycles. The minimum Gasteiger partial charge on any atom is -0.484 e. The van der Waals surface area contributed by atoms with Gasteiger partial charge in [0.05, 0.1) is 10.6 Å². The number of thioether (sulfide) groups is 1. The zero-order valence-corrected chi connectivity index (χ0v) is 22.5. The second-order valence-electron chi connectivity index (χ2n) is 8.09. The normalized spacial score (nSPS) is 11.5. The third-order valence-electron chi connectivity index (χ3n) is 5.33. The molecular formula is C29H23N3O3S3. The number of hydrogen-bond donors (Lipinski definition) is 2. The van der Waals surface area contributed by atoms with Crippen LogP contribution >= 0.6 is 34.4 Å². The van der Waals surface area contributed by atoms with E-state index in [2.05, 4.69) is 15.6 Å². The predicted molar refractivity (Wildman–Crippen MR) is 156 cm³/mol. The Hall–Kier alpha value is -3.92. The van der Waals surface area contributed by atoms with E-state index in [-0.39, 0.29) is 18.4 Å².